The van der Waals surface area contributed by atoms with Crippen molar-refractivity contribution in [2.45, 2.75) is 39.7 Å². The van der Waals surface area contributed by atoms with Gasteiger partial charge in [-0.2, -0.15) is 0 Å². The van der Waals surface area contributed by atoms with E-state index in [-0.39, 0.29) is 6.10 Å². The summed E-state index contributed by atoms with van der Waals surface area (Å²) >= 11 is 0. The van der Waals surface area contributed by atoms with Gasteiger partial charge < -0.3 is 9.47 Å². The van der Waals surface area contributed by atoms with E-state index in [2.05, 4.69) is 13.8 Å². The summed E-state index contributed by atoms with van der Waals surface area (Å²) < 4.78 is 11.2. The monoisotopic (exact) mass is 208 g/mol. The summed E-state index contributed by atoms with van der Waals surface area (Å²) in [6.07, 6.45) is 2.32. The first-order chi connectivity index (χ1) is 7.21. The number of ether oxygens (including phenoxy) is 2. The maximum absolute atomic E-state index is 5.86. The topological polar surface area (TPSA) is 18.5 Å². The van der Waals surface area contributed by atoms with Crippen LogP contribution >= 0.6 is 0 Å². The minimum absolute atomic E-state index is 0.279. The summed E-state index contributed by atoms with van der Waals surface area (Å²) in [5.74, 6) is 1.67. The molecule has 0 radical (unpaired) electrons. The van der Waals surface area contributed by atoms with Crippen LogP contribution in [0.5, 0.6) is 11.5 Å². The molecule has 0 N–H and O–H groups in total. The third-order valence-corrected chi connectivity index (χ3v) is 2.52. The van der Waals surface area contributed by atoms with Gasteiger partial charge in [-0.3, -0.25) is 0 Å². The first-order valence-electron chi connectivity index (χ1n) is 5.52. The van der Waals surface area contributed by atoms with Crippen LogP contribution in [0.3, 0.4) is 0 Å². The van der Waals surface area contributed by atoms with Crippen LogP contribution < -0.4 is 9.47 Å². The van der Waals surface area contributed by atoms with Gasteiger partial charge in [-0.05, 0) is 37.5 Å². The molecule has 0 aliphatic rings. The van der Waals surface area contributed by atoms with E-state index >= 15 is 0 Å². The Morgan fingerprint density at radius 3 is 2.33 bits per heavy atom. The Labute approximate surface area is 92.2 Å². The van der Waals surface area contributed by atoms with E-state index in [1.54, 1.807) is 7.11 Å². The lowest BCUT2D eigenvalue weighted by Crippen LogP contribution is -2.14. The van der Waals surface area contributed by atoms with Crippen molar-refractivity contribution in [2.24, 2.45) is 0 Å². The summed E-state index contributed by atoms with van der Waals surface area (Å²) in [5, 5.41) is 0. The van der Waals surface area contributed by atoms with E-state index in [1.807, 2.05) is 25.1 Å². The number of hydrogen-bond donors (Lipinski definition) is 0. The molecule has 0 aromatic heterocycles. The predicted molar refractivity (Wildman–Crippen MR) is 62.7 cm³/mol. The highest BCUT2D eigenvalue weighted by Gasteiger charge is 2.09. The number of benzene rings is 1. The quantitative estimate of drug-likeness (QED) is 0.736. The fourth-order valence-corrected chi connectivity index (χ4v) is 1.51. The lowest BCUT2D eigenvalue weighted by atomic mass is 10.2. The summed E-state index contributed by atoms with van der Waals surface area (Å²) in [6, 6.07) is 6.02. The molecule has 0 aliphatic heterocycles. The zero-order valence-electron chi connectivity index (χ0n) is 10.0. The molecule has 0 saturated carbocycles. The van der Waals surface area contributed by atoms with Gasteiger partial charge in [0, 0.05) is 0 Å². The second-order valence-electron chi connectivity index (χ2n) is 3.71. The molecule has 84 valence electrons. The minimum Gasteiger partial charge on any atom is -0.493 e. The van der Waals surface area contributed by atoms with Crippen molar-refractivity contribution in [3.8, 4) is 11.5 Å². The fraction of sp³-hybridized carbons (Fsp3) is 0.538. The molecule has 0 amide bonds. The standard InChI is InChI=1S/C13H20O2/c1-5-11(6-2)15-12-8-7-10(3)9-13(12)14-4/h7-9,11H,5-6H2,1-4H3. The van der Waals surface area contributed by atoms with Gasteiger partial charge in [-0.15, -0.1) is 0 Å². The van der Waals surface area contributed by atoms with Gasteiger partial charge in [0.25, 0.3) is 0 Å². The van der Waals surface area contributed by atoms with Crippen LogP contribution in [0.15, 0.2) is 18.2 Å². The molecular weight excluding hydrogens is 188 g/mol. The zero-order chi connectivity index (χ0) is 11.3. The Kier molecular flexibility index (Phi) is 4.47. The van der Waals surface area contributed by atoms with Crippen molar-refractivity contribution in [3.63, 3.8) is 0 Å². The van der Waals surface area contributed by atoms with Crippen molar-refractivity contribution in [3.05, 3.63) is 23.8 Å². The SMILES string of the molecule is CCC(CC)Oc1ccc(C)cc1OC. The molecule has 0 saturated heterocycles. The highest BCUT2D eigenvalue weighted by molar-refractivity contribution is 5.42. The minimum atomic E-state index is 0.279. The Morgan fingerprint density at radius 1 is 1.13 bits per heavy atom. The summed E-state index contributed by atoms with van der Waals surface area (Å²) in [6.45, 7) is 6.31. The van der Waals surface area contributed by atoms with E-state index in [0.29, 0.717) is 0 Å². The second-order valence-corrected chi connectivity index (χ2v) is 3.71. The number of rotatable bonds is 5. The normalized spacial score (nSPS) is 10.5. The number of aryl methyl sites for hydroxylation is 1. The third-order valence-electron chi connectivity index (χ3n) is 2.52. The molecule has 0 bridgehead atoms. The van der Waals surface area contributed by atoms with Crippen LogP contribution in [-0.4, -0.2) is 13.2 Å². The molecule has 15 heavy (non-hydrogen) atoms. The Bertz CT molecular complexity index is 303. The van der Waals surface area contributed by atoms with Crippen LogP contribution in [-0.2, 0) is 0 Å². The van der Waals surface area contributed by atoms with Gasteiger partial charge in [-0.1, -0.05) is 19.9 Å². The molecule has 2 nitrogen and oxygen atoms in total. The lowest BCUT2D eigenvalue weighted by molar-refractivity contribution is 0.185. The Balaban J connectivity index is 2.83. The molecule has 1 aromatic carbocycles. The van der Waals surface area contributed by atoms with E-state index in [9.17, 15) is 0 Å². The third kappa shape index (κ3) is 3.15. The van der Waals surface area contributed by atoms with Gasteiger partial charge in [0.1, 0.15) is 0 Å². The van der Waals surface area contributed by atoms with E-state index in [4.69, 9.17) is 9.47 Å². The molecule has 0 atom stereocenters. The Hall–Kier alpha value is -1.18. The van der Waals surface area contributed by atoms with Crippen LogP contribution in [0.1, 0.15) is 32.3 Å². The van der Waals surface area contributed by atoms with Gasteiger partial charge in [-0.25, -0.2) is 0 Å². The highest BCUT2D eigenvalue weighted by Crippen LogP contribution is 2.29. The first kappa shape index (κ1) is 11.9. The molecule has 0 aliphatic carbocycles. The maximum atomic E-state index is 5.86. The highest BCUT2D eigenvalue weighted by atomic mass is 16.5. The van der Waals surface area contributed by atoms with Crippen LogP contribution in [0.4, 0.5) is 0 Å². The molecule has 1 rings (SSSR count). The fourth-order valence-electron chi connectivity index (χ4n) is 1.51. The average Bonchev–Trinajstić information content (AvgIpc) is 2.27. The summed E-state index contributed by atoms with van der Waals surface area (Å²) in [4.78, 5) is 0. The van der Waals surface area contributed by atoms with Crippen LogP contribution in [0, 0.1) is 6.92 Å². The largest absolute Gasteiger partial charge is 0.493 e. The van der Waals surface area contributed by atoms with E-state index < -0.39 is 0 Å². The van der Waals surface area contributed by atoms with Crippen LogP contribution in [0.25, 0.3) is 0 Å². The molecule has 2 heteroatoms. The molecule has 0 heterocycles. The van der Waals surface area contributed by atoms with Crippen molar-refractivity contribution in [2.75, 3.05) is 7.11 Å². The van der Waals surface area contributed by atoms with Gasteiger partial charge in [0.15, 0.2) is 11.5 Å². The van der Waals surface area contributed by atoms with Crippen LogP contribution in [0.2, 0.25) is 0 Å². The summed E-state index contributed by atoms with van der Waals surface area (Å²) in [5.41, 5.74) is 1.18. The lowest BCUT2D eigenvalue weighted by Gasteiger charge is -2.17. The van der Waals surface area contributed by atoms with E-state index in [1.165, 1.54) is 5.56 Å². The molecule has 0 unspecified atom stereocenters. The maximum Gasteiger partial charge on any atom is 0.161 e. The second kappa shape index (κ2) is 5.64. The van der Waals surface area contributed by atoms with Gasteiger partial charge in [0.05, 0.1) is 13.2 Å². The van der Waals surface area contributed by atoms with Crippen molar-refractivity contribution >= 4 is 0 Å². The van der Waals surface area contributed by atoms with E-state index in [0.717, 1.165) is 24.3 Å². The van der Waals surface area contributed by atoms with Gasteiger partial charge in [0.2, 0.25) is 0 Å². The van der Waals surface area contributed by atoms with Crippen molar-refractivity contribution < 1.29 is 9.47 Å². The zero-order valence-corrected chi connectivity index (χ0v) is 10.0. The van der Waals surface area contributed by atoms with Gasteiger partial charge >= 0.3 is 0 Å². The first-order valence-corrected chi connectivity index (χ1v) is 5.52. The van der Waals surface area contributed by atoms with Crippen molar-refractivity contribution in [1.29, 1.82) is 0 Å². The smallest absolute Gasteiger partial charge is 0.161 e. The van der Waals surface area contributed by atoms with Crippen molar-refractivity contribution in [1.82, 2.24) is 0 Å². The Morgan fingerprint density at radius 2 is 1.80 bits per heavy atom. The number of methoxy groups -OCH3 is 1. The molecular formula is C13H20O2. The molecule has 0 fully saturated rings. The summed E-state index contributed by atoms with van der Waals surface area (Å²) in [7, 11) is 1.68. The predicted octanol–water partition coefficient (Wildman–Crippen LogP) is 3.57. The number of hydrogen-bond acceptors (Lipinski definition) is 2. The average molecular weight is 208 g/mol. The molecule has 1 aromatic rings. The molecule has 0 spiro atoms.